The van der Waals surface area contributed by atoms with E-state index >= 15 is 0 Å². The van der Waals surface area contributed by atoms with Crippen LogP contribution in [0.3, 0.4) is 0 Å². The van der Waals surface area contributed by atoms with Gasteiger partial charge in [0.2, 0.25) is 5.91 Å². The zero-order valence-corrected chi connectivity index (χ0v) is 13.6. The zero-order chi connectivity index (χ0) is 15.4. The summed E-state index contributed by atoms with van der Waals surface area (Å²) in [5.41, 5.74) is 2.54. The van der Waals surface area contributed by atoms with Gasteiger partial charge in [0, 0.05) is 50.5 Å². The Morgan fingerprint density at radius 2 is 1.64 bits per heavy atom. The van der Waals surface area contributed by atoms with Gasteiger partial charge >= 0.3 is 0 Å². The lowest BCUT2D eigenvalue weighted by Gasteiger charge is -2.32. The van der Waals surface area contributed by atoms with Crippen molar-refractivity contribution in [3.8, 4) is 0 Å². The van der Waals surface area contributed by atoms with E-state index < -0.39 is 0 Å². The number of nitrogens with zero attached hydrogens (tertiary/aromatic N) is 2. The summed E-state index contributed by atoms with van der Waals surface area (Å²) in [7, 11) is 0. The maximum Gasteiger partial charge on any atom is 0.219 e. The van der Waals surface area contributed by atoms with E-state index in [4.69, 9.17) is 0 Å². The molecule has 4 nitrogen and oxygen atoms in total. The summed E-state index contributed by atoms with van der Waals surface area (Å²) in [5.74, 6) is 0.198. The Labute approximate surface area is 133 Å². The first kappa shape index (κ1) is 15.2. The van der Waals surface area contributed by atoms with E-state index in [1.807, 2.05) is 4.90 Å². The Balaban J connectivity index is 1.52. The Morgan fingerprint density at radius 3 is 2.23 bits per heavy atom. The molecular formula is C18H27N3O. The molecule has 0 bridgehead atoms. The Morgan fingerprint density at radius 1 is 1.00 bits per heavy atom. The van der Waals surface area contributed by atoms with Crippen molar-refractivity contribution in [2.75, 3.05) is 36.4 Å². The van der Waals surface area contributed by atoms with Crippen LogP contribution in [0.2, 0.25) is 0 Å². The largest absolute Gasteiger partial charge is 0.382 e. The van der Waals surface area contributed by atoms with Crippen LogP contribution in [-0.2, 0) is 4.79 Å². The van der Waals surface area contributed by atoms with Crippen LogP contribution in [0.15, 0.2) is 24.3 Å². The van der Waals surface area contributed by atoms with Crippen LogP contribution in [0.4, 0.5) is 11.4 Å². The van der Waals surface area contributed by atoms with Crippen molar-refractivity contribution in [1.29, 1.82) is 0 Å². The monoisotopic (exact) mass is 301 g/mol. The summed E-state index contributed by atoms with van der Waals surface area (Å²) in [4.78, 5) is 15.8. The molecule has 3 rings (SSSR count). The van der Waals surface area contributed by atoms with Gasteiger partial charge in [-0.25, -0.2) is 0 Å². The summed E-state index contributed by atoms with van der Waals surface area (Å²) in [6.07, 6.45) is 6.07. The maximum absolute atomic E-state index is 11.4. The average molecular weight is 301 g/mol. The third-order valence-corrected chi connectivity index (χ3v) is 4.90. The van der Waals surface area contributed by atoms with Gasteiger partial charge in [-0.15, -0.1) is 0 Å². The number of carbonyl (C=O) groups excluding carboxylic acids is 1. The molecule has 1 amide bonds. The van der Waals surface area contributed by atoms with Crippen molar-refractivity contribution in [2.24, 2.45) is 0 Å². The summed E-state index contributed by atoms with van der Waals surface area (Å²) in [6, 6.07) is 9.34. The molecule has 1 N–H and O–H groups in total. The number of likely N-dealkylation sites (tertiary alicyclic amines) is 1. The number of piperidine rings is 2. The van der Waals surface area contributed by atoms with Crippen molar-refractivity contribution in [1.82, 2.24) is 4.90 Å². The lowest BCUT2D eigenvalue weighted by Crippen LogP contribution is -2.41. The smallest absolute Gasteiger partial charge is 0.219 e. The summed E-state index contributed by atoms with van der Waals surface area (Å²) in [6.45, 7) is 5.79. The van der Waals surface area contributed by atoms with E-state index in [1.165, 1.54) is 43.7 Å². The van der Waals surface area contributed by atoms with Crippen LogP contribution in [0.1, 0.15) is 39.0 Å². The van der Waals surface area contributed by atoms with Crippen molar-refractivity contribution < 1.29 is 4.79 Å². The first-order chi connectivity index (χ1) is 10.7. The Kier molecular flexibility index (Phi) is 4.86. The van der Waals surface area contributed by atoms with Gasteiger partial charge in [0.15, 0.2) is 0 Å². The summed E-state index contributed by atoms with van der Waals surface area (Å²) < 4.78 is 0. The molecule has 0 aliphatic carbocycles. The molecule has 2 fully saturated rings. The molecule has 0 aromatic heterocycles. The minimum atomic E-state index is 0.198. The van der Waals surface area contributed by atoms with Gasteiger partial charge in [0.1, 0.15) is 0 Å². The highest BCUT2D eigenvalue weighted by atomic mass is 16.2. The molecule has 2 heterocycles. The third-order valence-electron chi connectivity index (χ3n) is 4.90. The molecule has 2 aliphatic rings. The van der Waals surface area contributed by atoms with Gasteiger partial charge in [0.05, 0.1) is 0 Å². The fourth-order valence-electron chi connectivity index (χ4n) is 3.50. The van der Waals surface area contributed by atoms with Crippen LogP contribution < -0.4 is 10.2 Å². The van der Waals surface area contributed by atoms with Crippen LogP contribution >= 0.6 is 0 Å². The van der Waals surface area contributed by atoms with Crippen LogP contribution in [0.5, 0.6) is 0 Å². The zero-order valence-electron chi connectivity index (χ0n) is 13.6. The molecule has 0 atom stereocenters. The quantitative estimate of drug-likeness (QED) is 0.932. The number of nitrogens with one attached hydrogen (secondary N) is 1. The van der Waals surface area contributed by atoms with E-state index in [-0.39, 0.29) is 5.91 Å². The predicted molar refractivity (Wildman–Crippen MR) is 91.4 cm³/mol. The molecular weight excluding hydrogens is 274 g/mol. The van der Waals surface area contributed by atoms with Gasteiger partial charge in [-0.2, -0.15) is 0 Å². The molecule has 1 aromatic carbocycles. The van der Waals surface area contributed by atoms with Gasteiger partial charge in [-0.05, 0) is 56.4 Å². The van der Waals surface area contributed by atoms with Crippen LogP contribution in [0.25, 0.3) is 0 Å². The number of hydrogen-bond acceptors (Lipinski definition) is 3. The molecule has 22 heavy (non-hydrogen) atoms. The SMILES string of the molecule is CC(=O)N1CCC(Nc2ccc(N3CCCCC3)cc2)CC1. The van der Waals surface area contributed by atoms with Gasteiger partial charge in [0.25, 0.3) is 0 Å². The van der Waals surface area contributed by atoms with Crippen LogP contribution in [0, 0.1) is 0 Å². The van der Waals surface area contributed by atoms with Crippen molar-refractivity contribution in [3.63, 3.8) is 0 Å². The molecule has 1 aromatic rings. The van der Waals surface area contributed by atoms with E-state index in [0.717, 1.165) is 25.9 Å². The Hall–Kier alpha value is -1.71. The number of amides is 1. The number of anilines is 2. The molecule has 0 unspecified atom stereocenters. The van der Waals surface area contributed by atoms with E-state index in [2.05, 4.69) is 34.5 Å². The fourth-order valence-corrected chi connectivity index (χ4v) is 3.50. The van der Waals surface area contributed by atoms with E-state index in [0.29, 0.717) is 6.04 Å². The number of benzene rings is 1. The van der Waals surface area contributed by atoms with Crippen molar-refractivity contribution in [3.05, 3.63) is 24.3 Å². The lowest BCUT2D eigenvalue weighted by molar-refractivity contribution is -0.129. The minimum absolute atomic E-state index is 0.198. The number of carbonyl (C=O) groups is 1. The second-order valence-corrected chi connectivity index (χ2v) is 6.52. The second kappa shape index (κ2) is 7.03. The van der Waals surface area contributed by atoms with Gasteiger partial charge in [-0.3, -0.25) is 4.79 Å². The van der Waals surface area contributed by atoms with Gasteiger partial charge < -0.3 is 15.1 Å². The highest BCUT2D eigenvalue weighted by Crippen LogP contribution is 2.23. The van der Waals surface area contributed by atoms with Crippen molar-refractivity contribution >= 4 is 17.3 Å². The first-order valence-corrected chi connectivity index (χ1v) is 8.59. The minimum Gasteiger partial charge on any atom is -0.382 e. The summed E-state index contributed by atoms with van der Waals surface area (Å²) >= 11 is 0. The fraction of sp³-hybridized carbons (Fsp3) is 0.611. The molecule has 4 heteroatoms. The van der Waals surface area contributed by atoms with E-state index in [1.54, 1.807) is 6.92 Å². The molecule has 0 spiro atoms. The second-order valence-electron chi connectivity index (χ2n) is 6.52. The first-order valence-electron chi connectivity index (χ1n) is 8.59. The molecule has 2 saturated heterocycles. The maximum atomic E-state index is 11.4. The highest BCUT2D eigenvalue weighted by Gasteiger charge is 2.20. The van der Waals surface area contributed by atoms with Crippen LogP contribution in [-0.4, -0.2) is 43.0 Å². The summed E-state index contributed by atoms with van der Waals surface area (Å²) in [5, 5.41) is 3.61. The predicted octanol–water partition coefficient (Wildman–Crippen LogP) is 3.10. The normalized spacial score (nSPS) is 20.0. The average Bonchev–Trinajstić information content (AvgIpc) is 2.57. The van der Waals surface area contributed by atoms with Crippen molar-refractivity contribution in [2.45, 2.75) is 45.1 Å². The number of hydrogen-bond donors (Lipinski definition) is 1. The lowest BCUT2D eigenvalue weighted by atomic mass is 10.0. The number of rotatable bonds is 3. The molecule has 120 valence electrons. The third kappa shape index (κ3) is 3.73. The molecule has 0 saturated carbocycles. The topological polar surface area (TPSA) is 35.6 Å². The molecule has 2 aliphatic heterocycles. The standard InChI is InChI=1S/C18H27N3O/c1-15(22)20-13-9-17(10-14-20)19-16-5-7-18(8-6-16)21-11-3-2-4-12-21/h5-8,17,19H,2-4,9-14H2,1H3. The molecule has 0 radical (unpaired) electrons. The van der Waals surface area contributed by atoms with Gasteiger partial charge in [-0.1, -0.05) is 0 Å². The van der Waals surface area contributed by atoms with E-state index in [9.17, 15) is 4.79 Å². The Bertz CT molecular complexity index is 486. The highest BCUT2D eigenvalue weighted by molar-refractivity contribution is 5.73.